The summed E-state index contributed by atoms with van der Waals surface area (Å²) in [4.78, 5) is 54.5. The zero-order chi connectivity index (χ0) is 39.6. The maximum Gasteiger partial charge on any atom is 0.339 e. The Kier molecular flexibility index (Phi) is 12.1. The molecule has 0 saturated carbocycles. The normalized spacial score (nSPS) is 16.3. The third-order valence-corrected chi connectivity index (χ3v) is 10.0. The van der Waals surface area contributed by atoms with Gasteiger partial charge >= 0.3 is 5.97 Å². The molecule has 0 fully saturated rings. The van der Waals surface area contributed by atoms with E-state index < -0.39 is 11.4 Å². The topological polar surface area (TPSA) is 135 Å². The van der Waals surface area contributed by atoms with Crippen LogP contribution in [0.3, 0.4) is 0 Å². The fourth-order valence-electron chi connectivity index (χ4n) is 6.79. The number of hydrogen-bond donors (Lipinski definition) is 2. The van der Waals surface area contributed by atoms with Crippen LogP contribution in [0.1, 0.15) is 73.4 Å². The highest BCUT2D eigenvalue weighted by atomic mass is 35.5. The number of amides is 1. The minimum absolute atomic E-state index is 0.0308. The number of carboxylic acid groups (broad SMARTS) is 1. The Labute approximate surface area is 325 Å². The lowest BCUT2D eigenvalue weighted by Crippen LogP contribution is -2.36. The summed E-state index contributed by atoms with van der Waals surface area (Å²) in [5.41, 5.74) is 2.97. The monoisotopic (exact) mass is 779 g/mol. The zero-order valence-corrected chi connectivity index (χ0v) is 33.3. The van der Waals surface area contributed by atoms with Crippen molar-refractivity contribution in [3.63, 3.8) is 0 Å². The number of Topliss-reactive ketones (excluding diaryl/α,β-unsaturated/α-hetero) is 1. The fraction of sp³-hybridized carbons (Fsp3) is 0.400. The Bertz CT molecular complexity index is 2130. The van der Waals surface area contributed by atoms with Gasteiger partial charge in [-0.15, -0.1) is 0 Å². The Balaban J connectivity index is 0.000000291. The van der Waals surface area contributed by atoms with Crippen molar-refractivity contribution in [1.29, 1.82) is 0 Å². The molecule has 0 spiro atoms. The number of rotatable bonds is 9. The van der Waals surface area contributed by atoms with Crippen LogP contribution in [0.4, 0.5) is 17.1 Å². The molecule has 3 heterocycles. The summed E-state index contributed by atoms with van der Waals surface area (Å²) in [5.74, 6) is -0.415. The van der Waals surface area contributed by atoms with Crippen LogP contribution in [0.15, 0.2) is 59.4 Å². The second-order valence-electron chi connectivity index (χ2n) is 14.8. The highest BCUT2D eigenvalue weighted by Crippen LogP contribution is 2.41. The number of carboxylic acids is 1. The molecule has 3 aromatic carbocycles. The van der Waals surface area contributed by atoms with Gasteiger partial charge in [-0.05, 0) is 69.0 Å². The summed E-state index contributed by atoms with van der Waals surface area (Å²) in [6.07, 6.45) is 0.793. The predicted molar refractivity (Wildman–Crippen MR) is 213 cm³/mol. The van der Waals surface area contributed by atoms with E-state index in [-0.39, 0.29) is 53.6 Å². The first kappa shape index (κ1) is 40.2. The number of aromatic nitrogens is 2. The van der Waals surface area contributed by atoms with Crippen LogP contribution in [-0.2, 0) is 11.8 Å². The summed E-state index contributed by atoms with van der Waals surface area (Å²) in [6.45, 7) is 11.0. The Morgan fingerprint density at radius 2 is 1.39 bits per heavy atom. The molecule has 2 atom stereocenters. The van der Waals surface area contributed by atoms with Gasteiger partial charge in [-0.25, -0.2) is 9.48 Å². The minimum atomic E-state index is -1.03. The molecule has 6 rings (SSSR count). The summed E-state index contributed by atoms with van der Waals surface area (Å²) in [7, 11) is 5.62. The summed E-state index contributed by atoms with van der Waals surface area (Å²) in [6, 6.07) is 15.9. The smallest absolute Gasteiger partial charge is 0.339 e. The summed E-state index contributed by atoms with van der Waals surface area (Å²) < 4.78 is 14.8. The molecular weight excluding hydrogens is 733 g/mol. The van der Waals surface area contributed by atoms with Crippen LogP contribution in [0, 0.1) is 12.3 Å². The molecule has 2 N–H and O–H groups in total. The van der Waals surface area contributed by atoms with E-state index in [1.165, 1.54) is 10.7 Å². The van der Waals surface area contributed by atoms with Crippen molar-refractivity contribution in [2.45, 2.75) is 66.1 Å². The highest BCUT2D eigenvalue weighted by Gasteiger charge is 2.30. The molecule has 12 nitrogen and oxygen atoms in total. The van der Waals surface area contributed by atoms with E-state index in [9.17, 15) is 19.2 Å². The second-order valence-corrected chi connectivity index (χ2v) is 15.6. The first-order valence-corrected chi connectivity index (χ1v) is 18.5. The molecule has 1 amide bonds. The standard InChI is InChI=1S/C29H35ClN4O4.C11H12ClNO3/c1-18-17-32(5)23-15-20(30)14-22(27(23)38-18)24(35)12-13-29(3,4)16-25(36)31-26-19(2)33(6)34(28(26)37)21-10-8-7-9-11-21;1-6-5-13(2)9-4-7(12)3-8(11(14)15)10(9)16-6/h7-11,14-15,18H,12-13,16-17H2,1-6H3,(H,31,36);3-4,6H,5H2,1-2H3,(H,14,15). The molecule has 0 saturated heterocycles. The largest absolute Gasteiger partial charge is 0.486 e. The molecule has 14 heteroatoms. The number of likely N-dealkylation sites (N-methyl/N-ethyl adjacent to an activating group) is 2. The summed E-state index contributed by atoms with van der Waals surface area (Å²) in [5, 5.41) is 12.8. The maximum absolute atomic E-state index is 13.3. The number of hydrogen-bond acceptors (Lipinski definition) is 8. The second kappa shape index (κ2) is 16.2. The Morgan fingerprint density at radius 1 is 0.870 bits per heavy atom. The fourth-order valence-corrected chi connectivity index (χ4v) is 7.21. The third kappa shape index (κ3) is 8.88. The predicted octanol–water partition coefficient (Wildman–Crippen LogP) is 7.63. The number of carbonyl (C=O) groups is 3. The van der Waals surface area contributed by atoms with E-state index in [4.69, 9.17) is 37.8 Å². The van der Waals surface area contributed by atoms with Gasteiger partial charge in [0.2, 0.25) is 5.91 Å². The zero-order valence-electron chi connectivity index (χ0n) is 31.8. The van der Waals surface area contributed by atoms with E-state index >= 15 is 0 Å². The van der Waals surface area contributed by atoms with Gasteiger partial charge in [-0.3, -0.25) is 19.1 Å². The number of benzene rings is 3. The molecule has 288 valence electrons. The maximum atomic E-state index is 13.3. The van der Waals surface area contributed by atoms with Gasteiger partial charge in [-0.2, -0.15) is 0 Å². The number of para-hydroxylation sites is 1. The van der Waals surface area contributed by atoms with Crippen LogP contribution < -0.4 is 30.1 Å². The SMILES string of the molecule is CC1CN(C)c2cc(Cl)cc(C(=O)O)c2O1.Cc1c(NC(=O)CC(C)(C)CCC(=O)c2cc(Cl)cc3c2OC(C)CN3C)c(=O)n(-c2ccccc2)n1C. The molecule has 0 aliphatic carbocycles. The van der Waals surface area contributed by atoms with Crippen LogP contribution in [0.2, 0.25) is 10.0 Å². The molecule has 2 aliphatic rings. The van der Waals surface area contributed by atoms with Gasteiger partial charge in [-0.1, -0.05) is 55.2 Å². The lowest BCUT2D eigenvalue weighted by molar-refractivity contribution is -0.118. The van der Waals surface area contributed by atoms with Crippen LogP contribution in [-0.4, -0.2) is 71.5 Å². The van der Waals surface area contributed by atoms with Crippen molar-refractivity contribution >= 4 is 57.9 Å². The van der Waals surface area contributed by atoms with Crippen molar-refractivity contribution < 1.29 is 29.0 Å². The number of ketones is 1. The Morgan fingerprint density at radius 3 is 1.93 bits per heavy atom. The number of aromatic carboxylic acids is 1. The third-order valence-electron chi connectivity index (χ3n) is 9.61. The molecule has 1 aromatic heterocycles. The van der Waals surface area contributed by atoms with E-state index in [1.54, 1.807) is 30.8 Å². The number of halogens is 2. The average Bonchev–Trinajstić information content (AvgIpc) is 3.30. The molecular formula is C40H47Cl2N5O7. The molecule has 54 heavy (non-hydrogen) atoms. The molecule has 0 radical (unpaired) electrons. The Hall–Kier alpha value is -4.94. The van der Waals surface area contributed by atoms with E-state index in [1.807, 2.05) is 88.0 Å². The van der Waals surface area contributed by atoms with Crippen LogP contribution in [0.5, 0.6) is 11.5 Å². The molecule has 2 unspecified atom stereocenters. The summed E-state index contributed by atoms with van der Waals surface area (Å²) >= 11 is 12.2. The van der Waals surface area contributed by atoms with Gasteiger partial charge in [0.05, 0.1) is 41.4 Å². The highest BCUT2D eigenvalue weighted by molar-refractivity contribution is 6.32. The van der Waals surface area contributed by atoms with E-state index in [0.29, 0.717) is 52.3 Å². The number of ether oxygens (including phenoxy) is 2. The van der Waals surface area contributed by atoms with Crippen LogP contribution in [0.25, 0.3) is 5.69 Å². The van der Waals surface area contributed by atoms with Crippen molar-refractivity contribution in [2.75, 3.05) is 42.3 Å². The van der Waals surface area contributed by atoms with E-state index in [0.717, 1.165) is 17.1 Å². The van der Waals surface area contributed by atoms with Crippen molar-refractivity contribution in [1.82, 2.24) is 9.36 Å². The van der Waals surface area contributed by atoms with Crippen LogP contribution >= 0.6 is 23.2 Å². The van der Waals surface area contributed by atoms with Gasteiger partial charge in [0.25, 0.3) is 5.56 Å². The van der Waals surface area contributed by atoms with Crippen molar-refractivity contribution in [3.8, 4) is 17.2 Å². The molecule has 4 aromatic rings. The quantitative estimate of drug-likeness (QED) is 0.165. The average molecular weight is 781 g/mol. The van der Waals surface area contributed by atoms with Gasteiger partial charge in [0.1, 0.15) is 23.5 Å². The lowest BCUT2D eigenvalue weighted by Gasteiger charge is -2.33. The number of nitrogens with zero attached hydrogens (tertiary/aromatic N) is 4. The van der Waals surface area contributed by atoms with Gasteiger partial charge in [0, 0.05) is 44.0 Å². The molecule has 2 aliphatic heterocycles. The lowest BCUT2D eigenvalue weighted by atomic mass is 9.82. The van der Waals surface area contributed by atoms with Gasteiger partial charge in [0.15, 0.2) is 17.3 Å². The van der Waals surface area contributed by atoms with E-state index in [2.05, 4.69) is 5.32 Å². The number of nitrogens with one attached hydrogen (secondary N) is 1. The first-order chi connectivity index (χ1) is 25.4. The molecule has 0 bridgehead atoms. The number of carbonyl (C=O) groups excluding carboxylic acids is 2. The van der Waals surface area contributed by atoms with Crippen molar-refractivity contribution in [2.24, 2.45) is 12.5 Å². The number of fused-ring (bicyclic) bond motifs is 2. The van der Waals surface area contributed by atoms with Gasteiger partial charge < -0.3 is 29.7 Å². The first-order valence-electron chi connectivity index (χ1n) is 17.7. The minimum Gasteiger partial charge on any atom is -0.486 e. The number of anilines is 3. The van der Waals surface area contributed by atoms with Crippen molar-refractivity contribution in [3.05, 3.63) is 91.8 Å².